The molecule has 2 fully saturated rings. The molecule has 1 N–H and O–H groups in total. The lowest BCUT2D eigenvalue weighted by atomic mass is 9.92. The average molecular weight is 428 g/mol. The van der Waals surface area contributed by atoms with Gasteiger partial charge in [-0.25, -0.2) is 4.79 Å². The molecule has 1 saturated heterocycles. The molecule has 0 radical (unpaired) electrons. The first-order chi connectivity index (χ1) is 15.6. The summed E-state index contributed by atoms with van der Waals surface area (Å²) < 4.78 is 0. The molecule has 4 heteroatoms. The molecule has 0 spiro atoms. The van der Waals surface area contributed by atoms with Gasteiger partial charge in [-0.3, -0.25) is 4.79 Å². The second-order valence-electron chi connectivity index (χ2n) is 9.26. The molecule has 1 aliphatic heterocycles. The van der Waals surface area contributed by atoms with Crippen LogP contribution in [0.3, 0.4) is 0 Å². The summed E-state index contributed by atoms with van der Waals surface area (Å²) in [6.07, 6.45) is 7.93. The van der Waals surface area contributed by atoms with Crippen LogP contribution in [0.4, 0.5) is 0 Å². The Labute approximate surface area is 188 Å². The van der Waals surface area contributed by atoms with E-state index in [2.05, 4.69) is 35.2 Å². The van der Waals surface area contributed by atoms with E-state index in [-0.39, 0.29) is 5.92 Å². The molecule has 3 aromatic carbocycles. The summed E-state index contributed by atoms with van der Waals surface area (Å²) in [5.74, 6) is -0.465. The Morgan fingerprint density at radius 1 is 0.938 bits per heavy atom. The number of rotatable bonds is 5. The van der Waals surface area contributed by atoms with E-state index >= 15 is 0 Å². The highest BCUT2D eigenvalue weighted by Gasteiger charge is 2.36. The van der Waals surface area contributed by atoms with Crippen LogP contribution in [0.5, 0.6) is 0 Å². The van der Waals surface area contributed by atoms with Crippen LogP contribution in [-0.2, 0) is 11.2 Å². The smallest absolute Gasteiger partial charge is 0.335 e. The molecule has 1 unspecified atom stereocenters. The van der Waals surface area contributed by atoms with Gasteiger partial charge >= 0.3 is 5.97 Å². The van der Waals surface area contributed by atoms with Crippen LogP contribution in [0.25, 0.3) is 21.9 Å². The van der Waals surface area contributed by atoms with E-state index in [1.165, 1.54) is 37.7 Å². The minimum atomic E-state index is -0.914. The Morgan fingerprint density at radius 3 is 2.47 bits per heavy atom. The number of likely N-dealkylation sites (tertiary alicyclic amines) is 1. The standard InChI is InChI=1S/C28H29NO3/c30-27-23(15-16-29(27)24-6-2-1-3-7-24)18-19-9-14-26-22(17-19)5-4-8-25(26)20-10-12-21(13-11-20)28(31)32/h4-5,8-14,17,23-24H,1-3,6-7,15-16,18H2,(H,31,32). The van der Waals surface area contributed by atoms with Gasteiger partial charge in [-0.15, -0.1) is 0 Å². The molecule has 3 aromatic rings. The van der Waals surface area contributed by atoms with Gasteiger partial charge in [0.15, 0.2) is 0 Å². The lowest BCUT2D eigenvalue weighted by Gasteiger charge is -2.31. The highest BCUT2D eigenvalue weighted by Crippen LogP contribution is 2.33. The summed E-state index contributed by atoms with van der Waals surface area (Å²) in [7, 11) is 0. The average Bonchev–Trinajstić information content (AvgIpc) is 3.19. The Balaban J connectivity index is 1.35. The van der Waals surface area contributed by atoms with Crippen molar-refractivity contribution in [2.45, 2.75) is 51.0 Å². The predicted octanol–water partition coefficient (Wildman–Crippen LogP) is 5.93. The fraction of sp³-hybridized carbons (Fsp3) is 0.357. The summed E-state index contributed by atoms with van der Waals surface area (Å²) in [6.45, 7) is 0.915. The van der Waals surface area contributed by atoms with Gasteiger partial charge in [0, 0.05) is 18.5 Å². The van der Waals surface area contributed by atoms with Crippen molar-refractivity contribution in [1.29, 1.82) is 0 Å². The Morgan fingerprint density at radius 2 is 1.72 bits per heavy atom. The normalized spacial score (nSPS) is 19.6. The zero-order chi connectivity index (χ0) is 22.1. The van der Waals surface area contributed by atoms with Gasteiger partial charge in [-0.2, -0.15) is 0 Å². The Kier molecular flexibility index (Phi) is 5.69. The van der Waals surface area contributed by atoms with E-state index in [0.29, 0.717) is 17.5 Å². The van der Waals surface area contributed by atoms with E-state index in [1.54, 1.807) is 12.1 Å². The number of nitrogens with zero attached hydrogens (tertiary/aromatic N) is 1. The summed E-state index contributed by atoms with van der Waals surface area (Å²) in [6, 6.07) is 20.2. The van der Waals surface area contributed by atoms with Crippen LogP contribution in [0.1, 0.15) is 54.4 Å². The van der Waals surface area contributed by atoms with E-state index < -0.39 is 5.97 Å². The van der Waals surface area contributed by atoms with Crippen molar-refractivity contribution in [3.63, 3.8) is 0 Å². The predicted molar refractivity (Wildman–Crippen MR) is 127 cm³/mol. The Bertz CT molecular complexity index is 1150. The molecular formula is C28H29NO3. The van der Waals surface area contributed by atoms with Gasteiger partial charge in [0.1, 0.15) is 0 Å². The number of amides is 1. The number of carbonyl (C=O) groups excluding carboxylic acids is 1. The fourth-order valence-electron chi connectivity index (χ4n) is 5.50. The number of carbonyl (C=O) groups is 2. The molecule has 1 saturated carbocycles. The number of carboxylic acid groups (broad SMARTS) is 1. The van der Waals surface area contributed by atoms with Gasteiger partial charge in [0.25, 0.3) is 0 Å². The highest BCUT2D eigenvalue weighted by molar-refractivity contribution is 5.97. The van der Waals surface area contributed by atoms with Crippen LogP contribution in [0.2, 0.25) is 0 Å². The van der Waals surface area contributed by atoms with Gasteiger partial charge in [-0.1, -0.05) is 67.8 Å². The summed E-state index contributed by atoms with van der Waals surface area (Å²) >= 11 is 0. The van der Waals surface area contributed by atoms with Crippen molar-refractivity contribution in [3.05, 3.63) is 71.8 Å². The molecule has 2 aliphatic rings. The van der Waals surface area contributed by atoms with Crippen LogP contribution in [-0.4, -0.2) is 34.5 Å². The molecular weight excluding hydrogens is 398 g/mol. The summed E-state index contributed by atoms with van der Waals surface area (Å²) in [4.78, 5) is 26.4. The minimum absolute atomic E-state index is 0.0983. The monoisotopic (exact) mass is 427 g/mol. The maximum Gasteiger partial charge on any atom is 0.335 e. The van der Waals surface area contributed by atoms with Crippen molar-refractivity contribution in [2.75, 3.05) is 6.54 Å². The molecule has 0 bridgehead atoms. The fourth-order valence-corrected chi connectivity index (χ4v) is 5.50. The zero-order valence-electron chi connectivity index (χ0n) is 18.3. The largest absolute Gasteiger partial charge is 0.478 e. The highest BCUT2D eigenvalue weighted by atomic mass is 16.4. The molecule has 1 aliphatic carbocycles. The van der Waals surface area contributed by atoms with Crippen molar-refractivity contribution < 1.29 is 14.7 Å². The number of aromatic carboxylic acids is 1. The van der Waals surface area contributed by atoms with E-state index in [0.717, 1.165) is 41.3 Å². The van der Waals surface area contributed by atoms with Crippen molar-refractivity contribution >= 4 is 22.6 Å². The van der Waals surface area contributed by atoms with Crippen LogP contribution in [0, 0.1) is 5.92 Å². The Hall–Kier alpha value is -3.14. The van der Waals surface area contributed by atoms with Crippen LogP contribution >= 0.6 is 0 Å². The molecule has 164 valence electrons. The van der Waals surface area contributed by atoms with Crippen molar-refractivity contribution in [1.82, 2.24) is 4.90 Å². The second kappa shape index (κ2) is 8.78. The van der Waals surface area contributed by atoms with Crippen molar-refractivity contribution in [3.8, 4) is 11.1 Å². The first-order valence-corrected chi connectivity index (χ1v) is 11.8. The lowest BCUT2D eigenvalue weighted by molar-refractivity contribution is -0.133. The van der Waals surface area contributed by atoms with Gasteiger partial charge in [0.05, 0.1) is 5.56 Å². The summed E-state index contributed by atoms with van der Waals surface area (Å²) in [5, 5.41) is 11.4. The molecule has 1 atom stereocenters. The van der Waals surface area contributed by atoms with Crippen molar-refractivity contribution in [2.24, 2.45) is 5.92 Å². The molecule has 32 heavy (non-hydrogen) atoms. The first-order valence-electron chi connectivity index (χ1n) is 11.8. The zero-order valence-corrected chi connectivity index (χ0v) is 18.3. The lowest BCUT2D eigenvalue weighted by Crippen LogP contribution is -2.39. The molecule has 1 heterocycles. The number of hydrogen-bond donors (Lipinski definition) is 1. The SMILES string of the molecule is O=C(O)c1ccc(-c2cccc3cc(CC4CCN(C5CCCCC5)C4=O)ccc23)cc1. The van der Waals surface area contributed by atoms with Gasteiger partial charge < -0.3 is 10.0 Å². The third kappa shape index (κ3) is 4.02. The van der Waals surface area contributed by atoms with Gasteiger partial charge in [0.2, 0.25) is 5.91 Å². The number of benzene rings is 3. The second-order valence-corrected chi connectivity index (χ2v) is 9.26. The number of fused-ring (bicyclic) bond motifs is 1. The third-order valence-electron chi connectivity index (χ3n) is 7.24. The number of carboxylic acids is 1. The van der Waals surface area contributed by atoms with Crippen LogP contribution in [0.15, 0.2) is 60.7 Å². The molecule has 5 rings (SSSR count). The van der Waals surface area contributed by atoms with E-state index in [1.807, 2.05) is 18.2 Å². The molecule has 1 amide bonds. The quantitative estimate of drug-likeness (QED) is 0.549. The molecule has 4 nitrogen and oxygen atoms in total. The minimum Gasteiger partial charge on any atom is -0.478 e. The van der Waals surface area contributed by atoms with Gasteiger partial charge in [-0.05, 0) is 65.3 Å². The molecule has 0 aromatic heterocycles. The first kappa shape index (κ1) is 20.7. The number of hydrogen-bond acceptors (Lipinski definition) is 2. The maximum atomic E-state index is 13.1. The maximum absolute atomic E-state index is 13.1. The topological polar surface area (TPSA) is 57.6 Å². The third-order valence-corrected chi connectivity index (χ3v) is 7.24. The van der Waals surface area contributed by atoms with E-state index in [4.69, 9.17) is 5.11 Å². The van der Waals surface area contributed by atoms with E-state index in [9.17, 15) is 9.59 Å². The summed E-state index contributed by atoms with van der Waals surface area (Å²) in [5.41, 5.74) is 3.59. The van der Waals surface area contributed by atoms with Crippen LogP contribution < -0.4 is 0 Å².